The molecule has 0 fully saturated rings. The minimum Gasteiger partial charge on any atom is -0.293 e. The van der Waals surface area contributed by atoms with Gasteiger partial charge in [-0.15, -0.1) is 11.3 Å². The van der Waals surface area contributed by atoms with E-state index in [1.54, 1.807) is 11.3 Å². The zero-order valence-electron chi connectivity index (χ0n) is 13.0. The second-order valence-electron chi connectivity index (χ2n) is 5.58. The highest BCUT2D eigenvalue weighted by Gasteiger charge is 2.12. The van der Waals surface area contributed by atoms with Crippen molar-refractivity contribution in [3.8, 4) is 0 Å². The third-order valence-electron chi connectivity index (χ3n) is 3.67. The Bertz CT molecular complexity index is 557. The molecule has 0 N–H and O–H groups in total. The number of carbonyl (C=O) groups is 1. The molecule has 0 saturated heterocycles. The standard InChI is InChI=1S/C18H23NOS/c1-4-19(12-17-6-5-11-21-17)13-18(20)16-9-7-15(8-10-16)14(2)3/h5-11,14H,4,12-13H2,1-3H3. The number of ketones is 1. The molecule has 2 rings (SSSR count). The highest BCUT2D eigenvalue weighted by Crippen LogP contribution is 2.16. The summed E-state index contributed by atoms with van der Waals surface area (Å²) in [6, 6.07) is 12.2. The normalized spacial score (nSPS) is 11.3. The summed E-state index contributed by atoms with van der Waals surface area (Å²) in [6.07, 6.45) is 0. The number of hydrogen-bond donors (Lipinski definition) is 0. The molecule has 3 heteroatoms. The van der Waals surface area contributed by atoms with Gasteiger partial charge in [-0.3, -0.25) is 9.69 Å². The van der Waals surface area contributed by atoms with E-state index in [1.807, 2.05) is 12.1 Å². The van der Waals surface area contributed by atoms with E-state index in [2.05, 4.69) is 55.3 Å². The van der Waals surface area contributed by atoms with Gasteiger partial charge in [-0.25, -0.2) is 0 Å². The number of hydrogen-bond acceptors (Lipinski definition) is 3. The number of benzene rings is 1. The first-order valence-electron chi connectivity index (χ1n) is 7.48. The van der Waals surface area contributed by atoms with Crippen molar-refractivity contribution in [2.24, 2.45) is 0 Å². The summed E-state index contributed by atoms with van der Waals surface area (Å²) in [7, 11) is 0. The average molecular weight is 301 g/mol. The molecule has 0 saturated carbocycles. The van der Waals surface area contributed by atoms with Crippen LogP contribution in [0.25, 0.3) is 0 Å². The van der Waals surface area contributed by atoms with Gasteiger partial charge in [0.2, 0.25) is 0 Å². The van der Waals surface area contributed by atoms with Crippen LogP contribution in [-0.2, 0) is 6.54 Å². The molecular formula is C18H23NOS. The Morgan fingerprint density at radius 2 is 1.90 bits per heavy atom. The van der Waals surface area contributed by atoms with Crippen molar-refractivity contribution in [3.63, 3.8) is 0 Å². The third-order valence-corrected chi connectivity index (χ3v) is 4.53. The SMILES string of the molecule is CCN(CC(=O)c1ccc(C(C)C)cc1)Cc1cccs1. The van der Waals surface area contributed by atoms with Crippen LogP contribution in [0.3, 0.4) is 0 Å². The smallest absolute Gasteiger partial charge is 0.176 e. The average Bonchev–Trinajstić information content (AvgIpc) is 2.99. The van der Waals surface area contributed by atoms with Gasteiger partial charge >= 0.3 is 0 Å². The molecule has 0 unspecified atom stereocenters. The number of likely N-dealkylation sites (N-methyl/N-ethyl adjacent to an activating group) is 1. The van der Waals surface area contributed by atoms with E-state index in [0.717, 1.165) is 18.7 Å². The van der Waals surface area contributed by atoms with Gasteiger partial charge in [-0.05, 0) is 29.5 Å². The van der Waals surface area contributed by atoms with Crippen molar-refractivity contribution >= 4 is 17.1 Å². The zero-order valence-corrected chi connectivity index (χ0v) is 13.8. The van der Waals surface area contributed by atoms with E-state index in [1.165, 1.54) is 10.4 Å². The molecule has 1 heterocycles. The lowest BCUT2D eigenvalue weighted by Gasteiger charge is -2.18. The van der Waals surface area contributed by atoms with Crippen molar-refractivity contribution in [2.75, 3.05) is 13.1 Å². The summed E-state index contributed by atoms with van der Waals surface area (Å²) in [5.41, 5.74) is 2.08. The molecule has 21 heavy (non-hydrogen) atoms. The Kier molecular flexibility index (Phi) is 5.71. The van der Waals surface area contributed by atoms with E-state index < -0.39 is 0 Å². The van der Waals surface area contributed by atoms with Crippen molar-refractivity contribution in [1.82, 2.24) is 4.90 Å². The van der Waals surface area contributed by atoms with Crippen LogP contribution >= 0.6 is 11.3 Å². The van der Waals surface area contributed by atoms with Gasteiger partial charge in [0, 0.05) is 17.0 Å². The van der Waals surface area contributed by atoms with E-state index in [0.29, 0.717) is 12.5 Å². The number of nitrogens with zero attached hydrogens (tertiary/aromatic N) is 1. The summed E-state index contributed by atoms with van der Waals surface area (Å²) in [5.74, 6) is 0.698. The second kappa shape index (κ2) is 7.53. The first kappa shape index (κ1) is 15.9. The van der Waals surface area contributed by atoms with Gasteiger partial charge in [0.25, 0.3) is 0 Å². The maximum atomic E-state index is 12.4. The molecule has 1 aromatic carbocycles. The van der Waals surface area contributed by atoms with Crippen molar-refractivity contribution in [1.29, 1.82) is 0 Å². The van der Waals surface area contributed by atoms with Crippen LogP contribution in [0.1, 0.15) is 47.5 Å². The van der Waals surface area contributed by atoms with Gasteiger partial charge in [0.1, 0.15) is 0 Å². The predicted octanol–water partition coefficient (Wildman–Crippen LogP) is 4.58. The van der Waals surface area contributed by atoms with Crippen LogP contribution in [0.5, 0.6) is 0 Å². The Balaban J connectivity index is 1.98. The monoisotopic (exact) mass is 301 g/mol. The maximum absolute atomic E-state index is 12.4. The van der Waals surface area contributed by atoms with Gasteiger partial charge < -0.3 is 0 Å². The van der Waals surface area contributed by atoms with Crippen molar-refractivity contribution in [2.45, 2.75) is 33.2 Å². The Labute approximate surface area is 131 Å². The van der Waals surface area contributed by atoms with Gasteiger partial charge in [0.05, 0.1) is 6.54 Å². The van der Waals surface area contributed by atoms with Crippen LogP contribution < -0.4 is 0 Å². The van der Waals surface area contributed by atoms with Crippen LogP contribution in [0.15, 0.2) is 41.8 Å². The molecule has 0 aliphatic carbocycles. The number of carbonyl (C=O) groups excluding carboxylic acids is 1. The molecule has 2 nitrogen and oxygen atoms in total. The number of rotatable bonds is 7. The van der Waals surface area contributed by atoms with E-state index in [9.17, 15) is 4.79 Å². The highest BCUT2D eigenvalue weighted by atomic mass is 32.1. The zero-order chi connectivity index (χ0) is 15.2. The summed E-state index contributed by atoms with van der Waals surface area (Å²) < 4.78 is 0. The summed E-state index contributed by atoms with van der Waals surface area (Å²) >= 11 is 1.74. The molecule has 0 aliphatic heterocycles. The molecule has 0 amide bonds. The lowest BCUT2D eigenvalue weighted by Crippen LogP contribution is -2.29. The fourth-order valence-corrected chi connectivity index (χ4v) is 3.00. The molecule has 0 spiro atoms. The molecule has 1 aromatic heterocycles. The minimum atomic E-state index is 0.198. The van der Waals surface area contributed by atoms with E-state index >= 15 is 0 Å². The first-order chi connectivity index (χ1) is 10.1. The number of Topliss-reactive ketones (excluding diaryl/α,β-unsaturated/α-hetero) is 1. The van der Waals surface area contributed by atoms with Crippen molar-refractivity contribution in [3.05, 3.63) is 57.8 Å². The topological polar surface area (TPSA) is 20.3 Å². The summed E-state index contributed by atoms with van der Waals surface area (Å²) in [5, 5.41) is 2.08. The summed E-state index contributed by atoms with van der Waals surface area (Å²) in [4.78, 5) is 15.9. The number of thiophene rings is 1. The fourth-order valence-electron chi connectivity index (χ4n) is 2.25. The van der Waals surface area contributed by atoms with Gasteiger partial charge in [-0.1, -0.05) is 51.1 Å². The first-order valence-corrected chi connectivity index (χ1v) is 8.36. The van der Waals surface area contributed by atoms with Gasteiger partial charge in [-0.2, -0.15) is 0 Å². The van der Waals surface area contributed by atoms with Crippen LogP contribution in [0, 0.1) is 0 Å². The molecule has 0 atom stereocenters. The van der Waals surface area contributed by atoms with Crippen LogP contribution in [0.4, 0.5) is 0 Å². The van der Waals surface area contributed by atoms with E-state index in [-0.39, 0.29) is 5.78 Å². The van der Waals surface area contributed by atoms with Gasteiger partial charge in [0.15, 0.2) is 5.78 Å². The highest BCUT2D eigenvalue weighted by molar-refractivity contribution is 7.09. The Morgan fingerprint density at radius 1 is 1.19 bits per heavy atom. The van der Waals surface area contributed by atoms with Crippen molar-refractivity contribution < 1.29 is 4.79 Å². The summed E-state index contributed by atoms with van der Waals surface area (Å²) in [6.45, 7) is 8.64. The minimum absolute atomic E-state index is 0.198. The lowest BCUT2D eigenvalue weighted by atomic mass is 10.0. The molecule has 0 bridgehead atoms. The molecule has 2 aromatic rings. The maximum Gasteiger partial charge on any atom is 0.176 e. The predicted molar refractivity (Wildman–Crippen MR) is 90.1 cm³/mol. The van der Waals surface area contributed by atoms with Crippen LogP contribution in [0.2, 0.25) is 0 Å². The van der Waals surface area contributed by atoms with Crippen LogP contribution in [-0.4, -0.2) is 23.8 Å². The molecular weight excluding hydrogens is 278 g/mol. The molecule has 112 valence electrons. The molecule has 0 aliphatic rings. The third kappa shape index (κ3) is 4.51. The lowest BCUT2D eigenvalue weighted by molar-refractivity contribution is 0.0930. The Hall–Kier alpha value is -1.45. The largest absolute Gasteiger partial charge is 0.293 e. The quantitative estimate of drug-likeness (QED) is 0.698. The van der Waals surface area contributed by atoms with E-state index in [4.69, 9.17) is 0 Å². The fraction of sp³-hybridized carbons (Fsp3) is 0.389. The Morgan fingerprint density at radius 3 is 2.43 bits per heavy atom. The molecule has 0 radical (unpaired) electrons. The second-order valence-corrected chi connectivity index (χ2v) is 6.61.